The fourth-order valence-electron chi connectivity index (χ4n) is 2.49. The van der Waals surface area contributed by atoms with Crippen LogP contribution in [0.5, 0.6) is 11.5 Å². The summed E-state index contributed by atoms with van der Waals surface area (Å²) in [5.74, 6) is -0.145. The topological polar surface area (TPSA) is 71.3 Å². The summed E-state index contributed by atoms with van der Waals surface area (Å²) in [5, 5.41) is 11.7. The van der Waals surface area contributed by atoms with Crippen molar-refractivity contribution in [1.82, 2.24) is 0 Å². The molecule has 6 heteroatoms. The third-order valence-electron chi connectivity index (χ3n) is 3.99. The van der Waals surface area contributed by atoms with Crippen LogP contribution >= 0.6 is 0 Å². The molecule has 0 aromatic heterocycles. The van der Waals surface area contributed by atoms with Gasteiger partial charge in [-0.2, -0.15) is 5.26 Å². The SMILES string of the molecule is CCCCCOc1ccc(C=C(C#N)C(=O)Nc2ccccc2F)cc1OC. The number of methoxy groups -OCH3 is 1. The number of carbonyl (C=O) groups is 1. The maximum atomic E-state index is 13.7. The zero-order valence-electron chi connectivity index (χ0n) is 16.0. The van der Waals surface area contributed by atoms with Crippen molar-refractivity contribution < 1.29 is 18.7 Å². The van der Waals surface area contributed by atoms with Gasteiger partial charge in [-0.05, 0) is 42.3 Å². The van der Waals surface area contributed by atoms with Gasteiger partial charge in [0.25, 0.3) is 5.91 Å². The predicted molar refractivity (Wildman–Crippen MR) is 107 cm³/mol. The minimum absolute atomic E-state index is 0.0158. The van der Waals surface area contributed by atoms with Crippen LogP contribution in [0, 0.1) is 17.1 Å². The van der Waals surface area contributed by atoms with Gasteiger partial charge in [0, 0.05) is 0 Å². The second-order valence-electron chi connectivity index (χ2n) is 6.07. The molecule has 0 heterocycles. The number of benzene rings is 2. The standard InChI is InChI=1S/C22H23FN2O3/c1-3-4-7-12-28-20-11-10-16(14-21(20)27-2)13-17(15-24)22(26)25-19-9-6-5-8-18(19)23/h5-6,8-11,13-14H,3-4,7,12H2,1-2H3,(H,25,26). The number of nitriles is 1. The molecule has 0 saturated heterocycles. The lowest BCUT2D eigenvalue weighted by molar-refractivity contribution is -0.112. The first-order valence-corrected chi connectivity index (χ1v) is 9.07. The van der Waals surface area contributed by atoms with E-state index in [0.717, 1.165) is 19.3 Å². The molecule has 1 N–H and O–H groups in total. The van der Waals surface area contributed by atoms with E-state index < -0.39 is 11.7 Å². The van der Waals surface area contributed by atoms with Crippen molar-refractivity contribution in [1.29, 1.82) is 5.26 Å². The summed E-state index contributed by atoms with van der Waals surface area (Å²) < 4.78 is 24.8. The first-order valence-electron chi connectivity index (χ1n) is 9.07. The van der Waals surface area contributed by atoms with Crippen LogP contribution < -0.4 is 14.8 Å². The van der Waals surface area contributed by atoms with Crippen molar-refractivity contribution >= 4 is 17.7 Å². The van der Waals surface area contributed by atoms with E-state index in [1.165, 1.54) is 31.4 Å². The molecule has 0 aliphatic carbocycles. The molecule has 28 heavy (non-hydrogen) atoms. The highest BCUT2D eigenvalue weighted by molar-refractivity contribution is 6.09. The molecule has 0 radical (unpaired) electrons. The summed E-state index contributed by atoms with van der Waals surface area (Å²) in [6.45, 7) is 2.71. The van der Waals surface area contributed by atoms with E-state index >= 15 is 0 Å². The van der Waals surface area contributed by atoms with Crippen LogP contribution in [0.25, 0.3) is 6.08 Å². The van der Waals surface area contributed by atoms with E-state index in [9.17, 15) is 14.4 Å². The number of hydrogen-bond donors (Lipinski definition) is 1. The van der Waals surface area contributed by atoms with Crippen LogP contribution in [-0.4, -0.2) is 19.6 Å². The number of para-hydroxylation sites is 1. The van der Waals surface area contributed by atoms with E-state index in [4.69, 9.17) is 9.47 Å². The lowest BCUT2D eigenvalue weighted by Crippen LogP contribution is -2.14. The molecule has 2 aromatic rings. The first kappa shape index (κ1) is 21.0. The Bertz CT molecular complexity index is 888. The molecule has 0 bridgehead atoms. The molecule has 0 saturated carbocycles. The second kappa shape index (κ2) is 10.7. The summed E-state index contributed by atoms with van der Waals surface area (Å²) in [6, 6.07) is 12.8. The molecule has 0 unspecified atom stereocenters. The maximum absolute atomic E-state index is 13.7. The molecule has 2 rings (SSSR count). The van der Waals surface area contributed by atoms with Crippen LogP contribution in [0.1, 0.15) is 31.7 Å². The lowest BCUT2D eigenvalue weighted by Gasteiger charge is -2.11. The minimum Gasteiger partial charge on any atom is -0.493 e. The minimum atomic E-state index is -0.688. The highest BCUT2D eigenvalue weighted by Gasteiger charge is 2.13. The number of carbonyl (C=O) groups excluding carboxylic acids is 1. The molecule has 0 fully saturated rings. The highest BCUT2D eigenvalue weighted by atomic mass is 19.1. The molecular weight excluding hydrogens is 359 g/mol. The second-order valence-corrected chi connectivity index (χ2v) is 6.07. The summed E-state index contributed by atoms with van der Waals surface area (Å²) >= 11 is 0. The van der Waals surface area contributed by atoms with Gasteiger partial charge in [-0.3, -0.25) is 4.79 Å². The Labute approximate surface area is 164 Å². The third kappa shape index (κ3) is 5.85. The van der Waals surface area contributed by atoms with E-state index in [1.807, 2.05) is 6.07 Å². The Morgan fingerprint density at radius 2 is 2.00 bits per heavy atom. The van der Waals surface area contributed by atoms with Crippen LogP contribution in [-0.2, 0) is 4.79 Å². The van der Waals surface area contributed by atoms with Gasteiger partial charge in [-0.15, -0.1) is 0 Å². The van der Waals surface area contributed by atoms with Crippen LogP contribution in [0.4, 0.5) is 10.1 Å². The molecular formula is C22H23FN2O3. The smallest absolute Gasteiger partial charge is 0.266 e. The van der Waals surface area contributed by atoms with Crippen molar-refractivity contribution in [2.45, 2.75) is 26.2 Å². The van der Waals surface area contributed by atoms with E-state index in [-0.39, 0.29) is 11.3 Å². The van der Waals surface area contributed by atoms with Crippen LogP contribution in [0.3, 0.4) is 0 Å². The van der Waals surface area contributed by atoms with E-state index in [2.05, 4.69) is 12.2 Å². The summed E-state index contributed by atoms with van der Waals surface area (Å²) in [7, 11) is 1.53. The number of amides is 1. The number of nitrogens with zero attached hydrogens (tertiary/aromatic N) is 1. The van der Waals surface area contributed by atoms with Gasteiger partial charge in [0.05, 0.1) is 19.4 Å². The van der Waals surface area contributed by atoms with Gasteiger partial charge in [-0.25, -0.2) is 4.39 Å². The van der Waals surface area contributed by atoms with Crippen molar-refractivity contribution in [2.24, 2.45) is 0 Å². The largest absolute Gasteiger partial charge is 0.493 e. The number of anilines is 1. The fraction of sp³-hybridized carbons (Fsp3) is 0.273. The van der Waals surface area contributed by atoms with Crippen molar-refractivity contribution in [3.8, 4) is 17.6 Å². The highest BCUT2D eigenvalue weighted by Crippen LogP contribution is 2.29. The van der Waals surface area contributed by atoms with Gasteiger partial charge < -0.3 is 14.8 Å². The van der Waals surface area contributed by atoms with Crippen molar-refractivity contribution in [3.63, 3.8) is 0 Å². The summed E-state index contributed by atoms with van der Waals surface area (Å²) in [4.78, 5) is 12.3. The fourth-order valence-corrected chi connectivity index (χ4v) is 2.49. The molecule has 1 amide bonds. The number of hydrogen-bond acceptors (Lipinski definition) is 4. The van der Waals surface area contributed by atoms with E-state index in [1.54, 1.807) is 24.3 Å². The Hall–Kier alpha value is -3.33. The quantitative estimate of drug-likeness (QED) is 0.378. The number of nitrogens with one attached hydrogen (secondary N) is 1. The number of unbranched alkanes of at least 4 members (excludes halogenated alkanes) is 2. The molecule has 5 nitrogen and oxygen atoms in total. The zero-order valence-corrected chi connectivity index (χ0v) is 16.0. The Morgan fingerprint density at radius 3 is 2.68 bits per heavy atom. The molecule has 146 valence electrons. The number of ether oxygens (including phenoxy) is 2. The summed E-state index contributed by atoms with van der Waals surface area (Å²) in [6.07, 6.45) is 4.57. The van der Waals surface area contributed by atoms with Gasteiger partial charge in [-0.1, -0.05) is 38.0 Å². The molecule has 0 aliphatic rings. The van der Waals surface area contributed by atoms with Gasteiger partial charge in [0.1, 0.15) is 17.5 Å². The van der Waals surface area contributed by atoms with Gasteiger partial charge in [0.2, 0.25) is 0 Å². The van der Waals surface area contributed by atoms with E-state index in [0.29, 0.717) is 23.7 Å². The summed E-state index contributed by atoms with van der Waals surface area (Å²) in [5.41, 5.74) is 0.460. The Balaban J connectivity index is 2.15. The molecule has 2 aromatic carbocycles. The third-order valence-corrected chi connectivity index (χ3v) is 3.99. The molecule has 0 spiro atoms. The maximum Gasteiger partial charge on any atom is 0.266 e. The average molecular weight is 382 g/mol. The number of rotatable bonds is 9. The Kier molecular flexibility index (Phi) is 8.04. The van der Waals surface area contributed by atoms with Gasteiger partial charge >= 0.3 is 0 Å². The first-order chi connectivity index (χ1) is 13.6. The van der Waals surface area contributed by atoms with Crippen molar-refractivity contribution in [2.75, 3.05) is 19.0 Å². The zero-order chi connectivity index (χ0) is 20.4. The van der Waals surface area contributed by atoms with Gasteiger partial charge in [0.15, 0.2) is 11.5 Å². The number of halogens is 1. The van der Waals surface area contributed by atoms with Crippen molar-refractivity contribution in [3.05, 3.63) is 59.4 Å². The average Bonchev–Trinajstić information content (AvgIpc) is 2.71. The molecule has 0 aliphatic heterocycles. The molecule has 0 atom stereocenters. The van der Waals surface area contributed by atoms with Crippen LogP contribution in [0.15, 0.2) is 48.0 Å². The normalized spacial score (nSPS) is 10.9. The lowest BCUT2D eigenvalue weighted by atomic mass is 10.1. The predicted octanol–water partition coefficient (Wildman–Crippen LogP) is 4.95. The van der Waals surface area contributed by atoms with Crippen LogP contribution in [0.2, 0.25) is 0 Å². The Morgan fingerprint density at radius 1 is 1.21 bits per heavy atom. The monoisotopic (exact) mass is 382 g/mol.